The molecule has 3 atom stereocenters. The Balaban J connectivity index is 2.18. The molecular formula is C14H20ClNO. The molecule has 1 saturated carbocycles. The summed E-state index contributed by atoms with van der Waals surface area (Å²) >= 11 is 6.11. The quantitative estimate of drug-likeness (QED) is 0.884. The van der Waals surface area contributed by atoms with E-state index in [1.807, 2.05) is 6.07 Å². The van der Waals surface area contributed by atoms with E-state index < -0.39 is 6.10 Å². The van der Waals surface area contributed by atoms with E-state index >= 15 is 0 Å². The first-order valence-electron chi connectivity index (χ1n) is 6.51. The maximum Gasteiger partial charge on any atom is 0.0836 e. The summed E-state index contributed by atoms with van der Waals surface area (Å²) in [6, 6.07) is 1.84. The van der Waals surface area contributed by atoms with Crippen molar-refractivity contribution >= 4 is 11.6 Å². The highest BCUT2D eigenvalue weighted by molar-refractivity contribution is 6.31. The average Bonchev–Trinajstić information content (AvgIpc) is 2.38. The number of hydrogen-bond acceptors (Lipinski definition) is 2. The number of hydrogen-bond donors (Lipinski definition) is 1. The van der Waals surface area contributed by atoms with Gasteiger partial charge >= 0.3 is 0 Å². The van der Waals surface area contributed by atoms with Crippen LogP contribution >= 0.6 is 11.6 Å². The third kappa shape index (κ3) is 2.80. The number of halogens is 1. The molecule has 0 aliphatic heterocycles. The summed E-state index contributed by atoms with van der Waals surface area (Å²) in [5, 5.41) is 11.1. The van der Waals surface area contributed by atoms with E-state index in [1.165, 1.54) is 19.3 Å². The Kier molecular flexibility index (Phi) is 4.41. The molecule has 1 N–H and O–H groups in total. The minimum Gasteiger partial charge on any atom is -0.388 e. The van der Waals surface area contributed by atoms with Crippen LogP contribution in [0.1, 0.15) is 50.7 Å². The molecule has 94 valence electrons. The van der Waals surface area contributed by atoms with Crippen LogP contribution in [0.15, 0.2) is 18.5 Å². The Labute approximate surface area is 108 Å². The molecule has 1 aromatic heterocycles. The van der Waals surface area contributed by atoms with Crippen LogP contribution in [0.25, 0.3) is 0 Å². The minimum absolute atomic E-state index is 0.355. The van der Waals surface area contributed by atoms with Gasteiger partial charge in [0.05, 0.1) is 11.1 Å². The molecule has 3 heteroatoms. The smallest absolute Gasteiger partial charge is 0.0836 e. The van der Waals surface area contributed by atoms with E-state index in [0.717, 1.165) is 18.4 Å². The van der Waals surface area contributed by atoms with Gasteiger partial charge in [0.25, 0.3) is 0 Å². The van der Waals surface area contributed by atoms with Gasteiger partial charge in [0, 0.05) is 18.0 Å². The number of nitrogens with zero attached hydrogens (tertiary/aromatic N) is 1. The summed E-state index contributed by atoms with van der Waals surface area (Å²) in [4.78, 5) is 3.97. The fourth-order valence-corrected chi connectivity index (χ4v) is 3.25. The average molecular weight is 254 g/mol. The third-order valence-corrected chi connectivity index (χ3v) is 4.34. The highest BCUT2D eigenvalue weighted by Crippen LogP contribution is 2.41. The molecule has 1 aliphatic rings. The zero-order chi connectivity index (χ0) is 12.3. The summed E-state index contributed by atoms with van der Waals surface area (Å²) in [5.41, 5.74) is 0.840. The van der Waals surface area contributed by atoms with Gasteiger partial charge < -0.3 is 5.11 Å². The summed E-state index contributed by atoms with van der Waals surface area (Å²) in [6.45, 7) is 2.21. The van der Waals surface area contributed by atoms with Gasteiger partial charge in [-0.1, -0.05) is 44.2 Å². The highest BCUT2D eigenvalue weighted by atomic mass is 35.5. The highest BCUT2D eigenvalue weighted by Gasteiger charge is 2.31. The molecule has 1 fully saturated rings. The number of aromatic nitrogens is 1. The fraction of sp³-hybridized carbons (Fsp3) is 0.643. The summed E-state index contributed by atoms with van der Waals surface area (Å²) in [5.74, 6) is 0.983. The Hall–Kier alpha value is -0.600. The lowest BCUT2D eigenvalue weighted by molar-refractivity contribution is 0.0452. The standard InChI is InChI=1S/C14H20ClNO/c1-2-10-5-3-4-6-11(10)14(17)12-7-8-16-9-13(12)15/h7-11,14,17H,2-6H2,1H3. The molecular weight excluding hydrogens is 234 g/mol. The molecule has 1 heterocycles. The first-order valence-corrected chi connectivity index (χ1v) is 6.89. The van der Waals surface area contributed by atoms with Crippen molar-refractivity contribution in [1.29, 1.82) is 0 Å². The van der Waals surface area contributed by atoms with Crippen molar-refractivity contribution in [2.75, 3.05) is 0 Å². The Morgan fingerprint density at radius 1 is 1.47 bits per heavy atom. The van der Waals surface area contributed by atoms with Crippen LogP contribution < -0.4 is 0 Å². The molecule has 1 aromatic rings. The minimum atomic E-state index is -0.434. The molecule has 2 rings (SSSR count). The molecule has 0 spiro atoms. The number of aliphatic hydroxyl groups is 1. The fourth-order valence-electron chi connectivity index (χ4n) is 3.02. The number of aliphatic hydroxyl groups excluding tert-OH is 1. The van der Waals surface area contributed by atoms with Crippen LogP contribution in [-0.2, 0) is 0 Å². The normalized spacial score (nSPS) is 26.8. The monoisotopic (exact) mass is 253 g/mol. The molecule has 3 unspecified atom stereocenters. The van der Waals surface area contributed by atoms with Crippen LogP contribution in [-0.4, -0.2) is 10.1 Å². The summed E-state index contributed by atoms with van der Waals surface area (Å²) < 4.78 is 0. The predicted molar refractivity (Wildman–Crippen MR) is 69.9 cm³/mol. The van der Waals surface area contributed by atoms with Crippen molar-refractivity contribution in [2.45, 2.75) is 45.1 Å². The van der Waals surface area contributed by atoms with Gasteiger partial charge in [-0.2, -0.15) is 0 Å². The summed E-state index contributed by atoms with van der Waals surface area (Å²) in [7, 11) is 0. The lowest BCUT2D eigenvalue weighted by Crippen LogP contribution is -2.25. The van der Waals surface area contributed by atoms with E-state index in [-0.39, 0.29) is 0 Å². The van der Waals surface area contributed by atoms with E-state index in [1.54, 1.807) is 12.4 Å². The second kappa shape index (κ2) is 5.83. The van der Waals surface area contributed by atoms with Crippen LogP contribution in [0.2, 0.25) is 5.02 Å². The van der Waals surface area contributed by atoms with E-state index in [9.17, 15) is 5.11 Å². The van der Waals surface area contributed by atoms with Crippen molar-refractivity contribution in [3.8, 4) is 0 Å². The first kappa shape index (κ1) is 12.8. The topological polar surface area (TPSA) is 33.1 Å². The third-order valence-electron chi connectivity index (χ3n) is 4.02. The van der Waals surface area contributed by atoms with Crippen molar-refractivity contribution in [3.05, 3.63) is 29.0 Å². The van der Waals surface area contributed by atoms with Crippen molar-refractivity contribution in [1.82, 2.24) is 4.98 Å². The van der Waals surface area contributed by atoms with Gasteiger partial charge in [0.15, 0.2) is 0 Å². The van der Waals surface area contributed by atoms with Gasteiger partial charge in [-0.3, -0.25) is 4.98 Å². The van der Waals surface area contributed by atoms with Gasteiger partial charge in [0.2, 0.25) is 0 Å². The molecule has 0 amide bonds. The molecule has 0 aromatic carbocycles. The lowest BCUT2D eigenvalue weighted by atomic mass is 9.73. The maximum absolute atomic E-state index is 10.5. The van der Waals surface area contributed by atoms with Crippen molar-refractivity contribution in [2.24, 2.45) is 11.8 Å². The van der Waals surface area contributed by atoms with E-state index in [4.69, 9.17) is 11.6 Å². The Bertz CT molecular complexity index is 369. The van der Waals surface area contributed by atoms with Crippen LogP contribution in [0.4, 0.5) is 0 Å². The second-order valence-electron chi connectivity index (χ2n) is 4.96. The van der Waals surface area contributed by atoms with Gasteiger partial charge in [-0.25, -0.2) is 0 Å². The number of pyridine rings is 1. The van der Waals surface area contributed by atoms with Crippen molar-refractivity contribution in [3.63, 3.8) is 0 Å². The van der Waals surface area contributed by atoms with Crippen LogP contribution in [0, 0.1) is 11.8 Å². The molecule has 2 nitrogen and oxygen atoms in total. The zero-order valence-corrected chi connectivity index (χ0v) is 11.0. The summed E-state index contributed by atoms with van der Waals surface area (Å²) in [6.07, 6.45) is 8.89. The van der Waals surface area contributed by atoms with Crippen LogP contribution in [0.3, 0.4) is 0 Å². The molecule has 17 heavy (non-hydrogen) atoms. The molecule has 0 radical (unpaired) electrons. The molecule has 1 aliphatic carbocycles. The molecule has 0 saturated heterocycles. The lowest BCUT2D eigenvalue weighted by Gasteiger charge is -2.34. The second-order valence-corrected chi connectivity index (χ2v) is 5.37. The first-order chi connectivity index (χ1) is 8.24. The largest absolute Gasteiger partial charge is 0.388 e. The van der Waals surface area contributed by atoms with Gasteiger partial charge in [-0.15, -0.1) is 0 Å². The Morgan fingerprint density at radius 3 is 2.94 bits per heavy atom. The van der Waals surface area contributed by atoms with E-state index in [2.05, 4.69) is 11.9 Å². The van der Waals surface area contributed by atoms with Crippen LogP contribution in [0.5, 0.6) is 0 Å². The zero-order valence-electron chi connectivity index (χ0n) is 10.3. The molecule has 0 bridgehead atoms. The predicted octanol–water partition coefficient (Wildman–Crippen LogP) is 3.98. The van der Waals surface area contributed by atoms with Gasteiger partial charge in [0.1, 0.15) is 0 Å². The van der Waals surface area contributed by atoms with E-state index in [0.29, 0.717) is 16.9 Å². The SMILES string of the molecule is CCC1CCCCC1C(O)c1ccncc1Cl. The van der Waals surface area contributed by atoms with Crippen molar-refractivity contribution < 1.29 is 5.11 Å². The van der Waals surface area contributed by atoms with Gasteiger partial charge in [-0.05, 0) is 24.3 Å². The maximum atomic E-state index is 10.5. The Morgan fingerprint density at radius 2 is 2.24 bits per heavy atom. The number of rotatable bonds is 3.